The van der Waals surface area contributed by atoms with Gasteiger partial charge in [-0.1, -0.05) is 48.6 Å². The van der Waals surface area contributed by atoms with Crippen LogP contribution in [0.5, 0.6) is 0 Å². The molecule has 2 aromatic carbocycles. The Morgan fingerprint density at radius 2 is 0.955 bits per heavy atom. The molecule has 0 amide bonds. The zero-order valence-corrected chi connectivity index (χ0v) is 14.3. The largest absolute Gasteiger partial charge is 0.249 e. The third kappa shape index (κ3) is 3.70. The summed E-state index contributed by atoms with van der Waals surface area (Å²) in [6, 6.07) is 14.7. The van der Waals surface area contributed by atoms with Gasteiger partial charge in [-0.05, 0) is 38.1 Å². The van der Waals surface area contributed by atoms with Gasteiger partial charge < -0.3 is 0 Å². The summed E-state index contributed by atoms with van der Waals surface area (Å²) in [6.45, 7) is 11.6. The Hall–Kier alpha value is -1.78. The molecular formula is C18H18O2S2. The van der Waals surface area contributed by atoms with E-state index >= 15 is 0 Å². The molecule has 4 heteroatoms. The molecule has 0 aromatic heterocycles. The van der Waals surface area contributed by atoms with Gasteiger partial charge in [0, 0.05) is 9.79 Å². The van der Waals surface area contributed by atoms with Gasteiger partial charge in [0.15, 0.2) is 0 Å². The first-order chi connectivity index (χ1) is 10.4. The quantitative estimate of drug-likeness (QED) is 0.768. The Balaban J connectivity index is 2.19. The summed E-state index contributed by atoms with van der Waals surface area (Å²) in [7, 11) is -2.90. The zero-order chi connectivity index (χ0) is 16.3. The predicted molar refractivity (Wildman–Crippen MR) is 93.5 cm³/mol. The molecule has 0 bridgehead atoms. The van der Waals surface area contributed by atoms with Crippen molar-refractivity contribution < 1.29 is 8.42 Å². The molecule has 2 unspecified atom stereocenters. The van der Waals surface area contributed by atoms with Gasteiger partial charge in [0.05, 0.1) is 31.4 Å². The minimum atomic E-state index is -1.45. The molecule has 0 heterocycles. The smallest absolute Gasteiger partial charge is 0.0855 e. The van der Waals surface area contributed by atoms with E-state index in [2.05, 4.69) is 13.2 Å². The predicted octanol–water partition coefficient (Wildman–Crippen LogP) is 4.25. The van der Waals surface area contributed by atoms with Crippen molar-refractivity contribution >= 4 is 21.6 Å². The van der Waals surface area contributed by atoms with E-state index in [4.69, 9.17) is 0 Å². The molecule has 0 aliphatic carbocycles. The zero-order valence-electron chi connectivity index (χ0n) is 12.7. The molecule has 0 N–H and O–H groups in total. The first-order valence-electron chi connectivity index (χ1n) is 6.75. The Morgan fingerprint density at radius 3 is 1.23 bits per heavy atom. The fraction of sp³-hybridized carbons (Fsp3) is 0.111. The molecule has 2 rings (SSSR count). The maximum absolute atomic E-state index is 12.5. The van der Waals surface area contributed by atoms with E-state index < -0.39 is 21.6 Å². The Kier molecular flexibility index (Phi) is 5.27. The average molecular weight is 330 g/mol. The van der Waals surface area contributed by atoms with Gasteiger partial charge in [-0.2, -0.15) is 0 Å². The van der Waals surface area contributed by atoms with Crippen molar-refractivity contribution in [2.75, 3.05) is 0 Å². The van der Waals surface area contributed by atoms with E-state index in [-0.39, 0.29) is 0 Å². The molecule has 22 heavy (non-hydrogen) atoms. The Labute approximate surface area is 136 Å². The fourth-order valence-corrected chi connectivity index (χ4v) is 4.02. The second kappa shape index (κ2) is 6.99. The van der Waals surface area contributed by atoms with Gasteiger partial charge in [0.2, 0.25) is 0 Å². The third-order valence-electron chi connectivity index (χ3n) is 3.23. The van der Waals surface area contributed by atoms with Crippen LogP contribution in [-0.2, 0) is 21.6 Å². The number of benzene rings is 2. The second-order valence-corrected chi connectivity index (χ2v) is 8.01. The van der Waals surface area contributed by atoms with Gasteiger partial charge in [-0.25, -0.2) is 8.42 Å². The summed E-state index contributed by atoms with van der Waals surface area (Å²) in [5, 5.41) is 0. The van der Waals surface area contributed by atoms with Crippen LogP contribution in [0.4, 0.5) is 0 Å². The maximum Gasteiger partial charge on any atom is 0.0855 e. The van der Waals surface area contributed by atoms with Crippen LogP contribution in [0.2, 0.25) is 0 Å². The minimum absolute atomic E-state index is 0.294. The van der Waals surface area contributed by atoms with E-state index in [9.17, 15) is 8.42 Å². The molecule has 0 radical (unpaired) electrons. The lowest BCUT2D eigenvalue weighted by molar-refractivity contribution is 0.684. The molecular weight excluding hydrogens is 312 g/mol. The lowest BCUT2D eigenvalue weighted by atomic mass is 10.2. The van der Waals surface area contributed by atoms with Crippen molar-refractivity contribution in [1.29, 1.82) is 0 Å². The van der Waals surface area contributed by atoms with Gasteiger partial charge in [-0.15, -0.1) is 0 Å². The second-order valence-electron chi connectivity index (χ2n) is 5.01. The van der Waals surface area contributed by atoms with Gasteiger partial charge in [0.1, 0.15) is 0 Å². The van der Waals surface area contributed by atoms with Gasteiger partial charge >= 0.3 is 0 Å². The summed E-state index contributed by atoms with van der Waals surface area (Å²) >= 11 is 0. The number of aryl methyl sites for hydroxylation is 2. The molecule has 0 saturated carbocycles. The highest BCUT2D eigenvalue weighted by Gasteiger charge is 2.17. The van der Waals surface area contributed by atoms with Gasteiger partial charge in [0.25, 0.3) is 0 Å². The van der Waals surface area contributed by atoms with Crippen molar-refractivity contribution in [3.8, 4) is 0 Å². The number of hydrogen-bond donors (Lipinski definition) is 0. The van der Waals surface area contributed by atoms with Crippen LogP contribution in [-0.4, -0.2) is 8.42 Å². The molecule has 0 saturated heterocycles. The lowest BCUT2D eigenvalue weighted by Gasteiger charge is -2.10. The monoisotopic (exact) mass is 330 g/mol. The summed E-state index contributed by atoms with van der Waals surface area (Å²) in [5.74, 6) is 0. The standard InChI is InChI=1S/C18H18O2S2/c1-13-5-9-17(10-6-13)21(19)15(3)16(4)22(20)18-11-7-14(2)8-12-18/h5-12H,3-4H2,1-2H3. The summed E-state index contributed by atoms with van der Waals surface area (Å²) in [6.07, 6.45) is 0. The van der Waals surface area contributed by atoms with Crippen LogP contribution >= 0.6 is 0 Å². The highest BCUT2D eigenvalue weighted by Crippen LogP contribution is 2.25. The van der Waals surface area contributed by atoms with E-state index in [0.717, 1.165) is 11.1 Å². The van der Waals surface area contributed by atoms with Crippen molar-refractivity contribution in [2.24, 2.45) is 0 Å². The topological polar surface area (TPSA) is 34.1 Å². The first kappa shape index (κ1) is 16.6. The van der Waals surface area contributed by atoms with Crippen LogP contribution in [0.3, 0.4) is 0 Å². The van der Waals surface area contributed by atoms with E-state index in [0.29, 0.717) is 19.6 Å². The summed E-state index contributed by atoms with van der Waals surface area (Å²) in [4.78, 5) is 1.86. The fourth-order valence-electron chi connectivity index (χ4n) is 1.82. The molecule has 0 aliphatic heterocycles. The molecule has 2 aromatic rings. The van der Waals surface area contributed by atoms with Crippen molar-refractivity contribution in [3.05, 3.63) is 82.6 Å². The molecule has 114 valence electrons. The first-order valence-corrected chi connectivity index (χ1v) is 9.05. The highest BCUT2D eigenvalue weighted by atomic mass is 32.2. The van der Waals surface area contributed by atoms with Crippen LogP contribution < -0.4 is 0 Å². The minimum Gasteiger partial charge on any atom is -0.249 e. The van der Waals surface area contributed by atoms with Crippen LogP contribution in [0.25, 0.3) is 0 Å². The lowest BCUT2D eigenvalue weighted by Crippen LogP contribution is -2.03. The van der Waals surface area contributed by atoms with E-state index in [1.54, 1.807) is 24.3 Å². The molecule has 0 fully saturated rings. The SMILES string of the molecule is C=C(C(=C)S(=O)c1ccc(C)cc1)S(=O)c1ccc(C)cc1. The van der Waals surface area contributed by atoms with Crippen molar-refractivity contribution in [3.63, 3.8) is 0 Å². The highest BCUT2D eigenvalue weighted by molar-refractivity contribution is 7.94. The normalized spacial score (nSPS) is 13.4. The Morgan fingerprint density at radius 1 is 0.682 bits per heavy atom. The Bertz CT molecular complexity index is 689. The summed E-state index contributed by atoms with van der Waals surface area (Å²) < 4.78 is 25.0. The van der Waals surface area contributed by atoms with E-state index in [1.165, 1.54) is 0 Å². The van der Waals surface area contributed by atoms with Crippen molar-refractivity contribution in [1.82, 2.24) is 0 Å². The number of hydrogen-bond acceptors (Lipinski definition) is 2. The average Bonchev–Trinajstić information content (AvgIpc) is 2.53. The summed E-state index contributed by atoms with van der Waals surface area (Å²) in [5.41, 5.74) is 2.18. The molecule has 2 nitrogen and oxygen atoms in total. The molecule has 0 spiro atoms. The van der Waals surface area contributed by atoms with Crippen LogP contribution in [0, 0.1) is 13.8 Å². The molecule has 2 atom stereocenters. The van der Waals surface area contributed by atoms with Gasteiger partial charge in [-0.3, -0.25) is 0 Å². The number of rotatable bonds is 5. The van der Waals surface area contributed by atoms with E-state index in [1.807, 2.05) is 38.1 Å². The molecule has 0 aliphatic rings. The van der Waals surface area contributed by atoms with Crippen molar-refractivity contribution in [2.45, 2.75) is 23.6 Å². The van der Waals surface area contributed by atoms with Crippen LogP contribution in [0.15, 0.2) is 81.3 Å². The third-order valence-corrected chi connectivity index (χ3v) is 6.15. The maximum atomic E-state index is 12.5. The van der Waals surface area contributed by atoms with Crippen LogP contribution in [0.1, 0.15) is 11.1 Å².